The predicted molar refractivity (Wildman–Crippen MR) is 193 cm³/mol. The molecule has 6 rings (SSSR count). The zero-order valence-corrected chi connectivity index (χ0v) is 29.0. The highest BCUT2D eigenvalue weighted by atomic mass is 31.2. The SMILES string of the molecule is COc1c(NC(=O)Nc2ccc(Oc3ccnc(Cc4cc(C)c5[nH]ncc5c4)n3)c3ccccc23)cc(C(C)(C)C)cc1P(C)(C)=O. The summed E-state index contributed by atoms with van der Waals surface area (Å²) in [6, 6.07) is 20.5. The summed E-state index contributed by atoms with van der Waals surface area (Å²) < 4.78 is 25.2. The molecule has 2 amide bonds. The zero-order chi connectivity index (χ0) is 34.2. The lowest BCUT2D eigenvalue weighted by Crippen LogP contribution is -2.23. The van der Waals surface area contributed by atoms with E-state index in [0.29, 0.717) is 46.3 Å². The van der Waals surface area contributed by atoms with E-state index in [1.165, 1.54) is 7.11 Å². The van der Waals surface area contributed by atoms with Crippen molar-refractivity contribution in [3.05, 3.63) is 102 Å². The molecule has 2 aromatic heterocycles. The van der Waals surface area contributed by atoms with Crippen molar-refractivity contribution in [1.29, 1.82) is 0 Å². The Morgan fingerprint density at radius 1 is 0.958 bits per heavy atom. The van der Waals surface area contributed by atoms with Crippen LogP contribution in [-0.2, 0) is 16.4 Å². The second-order valence-corrected chi connectivity index (χ2v) is 16.4. The average Bonchev–Trinajstić information content (AvgIpc) is 3.51. The molecule has 0 aliphatic carbocycles. The zero-order valence-electron chi connectivity index (χ0n) is 28.1. The minimum atomic E-state index is -2.73. The summed E-state index contributed by atoms with van der Waals surface area (Å²) in [4.78, 5) is 22.6. The molecule has 48 heavy (non-hydrogen) atoms. The summed E-state index contributed by atoms with van der Waals surface area (Å²) in [5.74, 6) is 2.02. The number of aromatic nitrogens is 4. The molecule has 0 spiro atoms. The molecule has 0 fully saturated rings. The van der Waals surface area contributed by atoms with Crippen molar-refractivity contribution in [2.75, 3.05) is 31.1 Å². The van der Waals surface area contributed by atoms with Crippen molar-refractivity contribution in [1.82, 2.24) is 20.2 Å². The Hall–Kier alpha value is -5.21. The minimum absolute atomic E-state index is 0.243. The summed E-state index contributed by atoms with van der Waals surface area (Å²) in [5.41, 5.74) is 4.94. The van der Waals surface area contributed by atoms with Crippen LogP contribution in [0.5, 0.6) is 17.4 Å². The van der Waals surface area contributed by atoms with Crippen LogP contribution < -0.4 is 25.4 Å². The molecule has 2 heterocycles. The lowest BCUT2D eigenvalue weighted by molar-refractivity contribution is 0.262. The number of nitrogens with one attached hydrogen (secondary N) is 3. The number of benzene rings is 4. The molecule has 0 unspecified atom stereocenters. The lowest BCUT2D eigenvalue weighted by Gasteiger charge is -2.25. The van der Waals surface area contributed by atoms with Crippen LogP contribution in [0.4, 0.5) is 16.2 Å². The van der Waals surface area contributed by atoms with Gasteiger partial charge in [0.2, 0.25) is 5.88 Å². The number of rotatable bonds is 8. The molecular formula is C37H39N6O4P. The van der Waals surface area contributed by atoms with Gasteiger partial charge >= 0.3 is 6.03 Å². The number of urea groups is 1. The summed E-state index contributed by atoms with van der Waals surface area (Å²) in [6.07, 6.45) is 4.04. The van der Waals surface area contributed by atoms with E-state index in [4.69, 9.17) is 9.47 Å². The van der Waals surface area contributed by atoms with Gasteiger partial charge < -0.3 is 24.7 Å². The van der Waals surface area contributed by atoms with Gasteiger partial charge in [0.1, 0.15) is 18.7 Å². The molecule has 0 aliphatic heterocycles. The van der Waals surface area contributed by atoms with Crippen molar-refractivity contribution in [3.63, 3.8) is 0 Å². The Balaban J connectivity index is 1.25. The van der Waals surface area contributed by atoms with Gasteiger partial charge in [-0.1, -0.05) is 51.1 Å². The first kappa shape index (κ1) is 32.7. The van der Waals surface area contributed by atoms with Gasteiger partial charge in [-0.25, -0.2) is 9.78 Å². The maximum atomic E-state index is 13.5. The summed E-state index contributed by atoms with van der Waals surface area (Å²) in [7, 11) is -1.21. The van der Waals surface area contributed by atoms with Gasteiger partial charge in [-0.15, -0.1) is 0 Å². The van der Waals surface area contributed by atoms with Crippen LogP contribution in [0, 0.1) is 6.92 Å². The molecule has 0 saturated heterocycles. The standard InChI is InChI=1S/C37H39N6O4P/c1-22-16-23(17-24-21-39-43-34(22)24)18-32-38-15-14-33(42-32)47-30-13-12-28(26-10-8-9-11-27(26)30)40-36(44)41-29-19-25(37(2,3)4)20-31(35(29)46-5)48(6,7)45/h8-17,19-21H,18H2,1-7H3,(H,39,43)(H2,40,41,44). The van der Waals surface area contributed by atoms with E-state index in [0.717, 1.165) is 38.4 Å². The number of H-pyrrole nitrogens is 1. The number of hydrogen-bond donors (Lipinski definition) is 3. The summed E-state index contributed by atoms with van der Waals surface area (Å²) in [5, 5.41) is 16.3. The number of methoxy groups -OCH3 is 1. The molecule has 10 nitrogen and oxygen atoms in total. The van der Waals surface area contributed by atoms with Gasteiger partial charge in [-0.3, -0.25) is 5.10 Å². The van der Waals surface area contributed by atoms with E-state index in [9.17, 15) is 9.36 Å². The third kappa shape index (κ3) is 6.89. The second-order valence-electron chi connectivity index (χ2n) is 13.2. The monoisotopic (exact) mass is 662 g/mol. The quantitative estimate of drug-likeness (QED) is 0.140. The number of hydrogen-bond acceptors (Lipinski definition) is 7. The molecule has 11 heteroatoms. The molecule has 3 N–H and O–H groups in total. The summed E-state index contributed by atoms with van der Waals surface area (Å²) in [6.45, 7) is 11.6. The van der Waals surface area contributed by atoms with Crippen molar-refractivity contribution < 1.29 is 18.8 Å². The number of anilines is 2. The van der Waals surface area contributed by atoms with Crippen molar-refractivity contribution in [2.24, 2.45) is 0 Å². The third-order valence-corrected chi connectivity index (χ3v) is 9.66. The first-order valence-corrected chi connectivity index (χ1v) is 18.2. The van der Waals surface area contributed by atoms with Gasteiger partial charge in [0, 0.05) is 34.8 Å². The van der Waals surface area contributed by atoms with Crippen LogP contribution >= 0.6 is 7.14 Å². The second kappa shape index (κ2) is 12.8. The average molecular weight is 663 g/mol. The Morgan fingerprint density at radius 3 is 2.44 bits per heavy atom. The van der Waals surface area contributed by atoms with Gasteiger partial charge in [0.15, 0.2) is 5.75 Å². The van der Waals surface area contributed by atoms with Crippen LogP contribution in [0.1, 0.15) is 43.3 Å². The third-order valence-electron chi connectivity index (χ3n) is 8.16. The van der Waals surface area contributed by atoms with E-state index in [2.05, 4.69) is 63.7 Å². The maximum Gasteiger partial charge on any atom is 0.323 e. The fraction of sp³-hybridized carbons (Fsp3) is 0.243. The first-order valence-electron chi connectivity index (χ1n) is 15.6. The normalized spacial score (nSPS) is 11.9. The Kier molecular flexibility index (Phi) is 8.70. The molecule has 0 atom stereocenters. The van der Waals surface area contributed by atoms with Crippen LogP contribution in [0.25, 0.3) is 21.7 Å². The van der Waals surface area contributed by atoms with Gasteiger partial charge in [0.05, 0.1) is 35.5 Å². The number of nitrogens with zero attached hydrogens (tertiary/aromatic N) is 3. The Bertz CT molecular complexity index is 2220. The van der Waals surface area contributed by atoms with Crippen LogP contribution in [0.2, 0.25) is 0 Å². The van der Waals surface area contributed by atoms with E-state index < -0.39 is 13.2 Å². The molecule has 0 bridgehead atoms. The van der Waals surface area contributed by atoms with Crippen molar-refractivity contribution >= 4 is 51.5 Å². The lowest BCUT2D eigenvalue weighted by atomic mass is 9.86. The highest BCUT2D eigenvalue weighted by molar-refractivity contribution is 7.70. The van der Waals surface area contributed by atoms with E-state index >= 15 is 0 Å². The number of carbonyl (C=O) groups excluding carboxylic acids is 1. The van der Waals surface area contributed by atoms with Crippen molar-refractivity contribution in [2.45, 2.75) is 39.5 Å². The maximum absolute atomic E-state index is 13.5. The topological polar surface area (TPSA) is 131 Å². The Morgan fingerprint density at radius 2 is 1.71 bits per heavy atom. The molecular weight excluding hydrogens is 623 g/mol. The minimum Gasteiger partial charge on any atom is -0.494 e. The highest BCUT2D eigenvalue weighted by Gasteiger charge is 2.26. The molecule has 0 saturated carbocycles. The Labute approximate surface area is 279 Å². The van der Waals surface area contributed by atoms with E-state index in [1.807, 2.05) is 49.5 Å². The van der Waals surface area contributed by atoms with E-state index in [1.54, 1.807) is 37.7 Å². The van der Waals surface area contributed by atoms with Gasteiger partial charge in [0.25, 0.3) is 0 Å². The number of amides is 2. The van der Waals surface area contributed by atoms with Crippen LogP contribution in [0.15, 0.2) is 79.1 Å². The van der Waals surface area contributed by atoms with E-state index in [-0.39, 0.29) is 5.41 Å². The number of aryl methyl sites for hydroxylation is 1. The molecule has 0 aliphatic rings. The molecule has 4 aromatic carbocycles. The first-order chi connectivity index (χ1) is 22.8. The fourth-order valence-corrected chi connectivity index (χ4v) is 6.88. The summed E-state index contributed by atoms with van der Waals surface area (Å²) >= 11 is 0. The molecule has 0 radical (unpaired) electrons. The van der Waals surface area contributed by atoms with Gasteiger partial charge in [-0.2, -0.15) is 10.1 Å². The van der Waals surface area contributed by atoms with Gasteiger partial charge in [-0.05, 0) is 72.7 Å². The van der Waals surface area contributed by atoms with Crippen LogP contribution in [0.3, 0.4) is 0 Å². The predicted octanol–water partition coefficient (Wildman–Crippen LogP) is 8.40. The fourth-order valence-electron chi connectivity index (χ4n) is 5.73. The van der Waals surface area contributed by atoms with Crippen molar-refractivity contribution in [3.8, 4) is 17.4 Å². The number of carbonyl (C=O) groups is 1. The smallest absolute Gasteiger partial charge is 0.323 e. The number of ether oxygens (including phenoxy) is 2. The number of aromatic amines is 1. The largest absolute Gasteiger partial charge is 0.494 e. The number of fused-ring (bicyclic) bond motifs is 2. The highest BCUT2D eigenvalue weighted by Crippen LogP contribution is 2.43. The van der Waals surface area contributed by atoms with Crippen LogP contribution in [-0.4, -0.2) is 46.6 Å². The molecule has 6 aromatic rings. The molecule has 246 valence electrons.